The fraction of sp³-hybridized carbons (Fsp3) is 0.565. The molecule has 0 radical (unpaired) electrons. The molecule has 1 aliphatic rings. The number of aryl methyl sites for hydroxylation is 1. The van der Waals surface area contributed by atoms with Gasteiger partial charge in [0.05, 0.1) is 23.4 Å². The first-order valence-electron chi connectivity index (χ1n) is 11.6. The van der Waals surface area contributed by atoms with Gasteiger partial charge in [0.1, 0.15) is 12.3 Å². The van der Waals surface area contributed by atoms with Crippen molar-refractivity contribution < 1.29 is 30.5 Å². The van der Waals surface area contributed by atoms with E-state index in [0.717, 1.165) is 17.8 Å². The molecule has 2 aromatic rings. The topological polar surface area (TPSA) is 90.7 Å². The van der Waals surface area contributed by atoms with Gasteiger partial charge in [-0.3, -0.25) is 8.98 Å². The van der Waals surface area contributed by atoms with E-state index >= 15 is 0 Å². The third-order valence-corrected chi connectivity index (χ3v) is 8.91. The maximum atomic E-state index is 13.9. The zero-order chi connectivity index (χ0) is 26.7. The fourth-order valence-electron chi connectivity index (χ4n) is 3.75. The summed E-state index contributed by atoms with van der Waals surface area (Å²) in [6, 6.07) is 6.99. The molecule has 0 aliphatic carbocycles. The van der Waals surface area contributed by atoms with Gasteiger partial charge >= 0.3 is 6.18 Å². The van der Waals surface area contributed by atoms with Crippen LogP contribution in [0, 0.1) is 12.8 Å². The second-order valence-corrected chi connectivity index (χ2v) is 17.4. The molecule has 3 rings (SSSR count). The van der Waals surface area contributed by atoms with Crippen molar-refractivity contribution >= 4 is 23.9 Å². The second kappa shape index (κ2) is 11.0. The largest absolute Gasteiger partial charge is 0.423 e. The first-order chi connectivity index (χ1) is 16.7. The van der Waals surface area contributed by atoms with Crippen LogP contribution in [0.1, 0.15) is 17.5 Å². The Bertz CT molecular complexity index is 1210. The van der Waals surface area contributed by atoms with Crippen molar-refractivity contribution in [1.29, 1.82) is 0 Å². The minimum Gasteiger partial charge on any atom is -0.369 e. The molecule has 13 heteroatoms. The Morgan fingerprint density at radius 3 is 2.44 bits per heavy atom. The normalized spacial score (nSPS) is 17.1. The summed E-state index contributed by atoms with van der Waals surface area (Å²) in [6.07, 6.45) is -3.46. The number of hydrogen-bond acceptors (Lipinski definition) is 7. The van der Waals surface area contributed by atoms with E-state index in [2.05, 4.69) is 24.7 Å². The van der Waals surface area contributed by atoms with Gasteiger partial charge < -0.3 is 9.64 Å². The zero-order valence-corrected chi connectivity index (χ0v) is 22.7. The van der Waals surface area contributed by atoms with Gasteiger partial charge in [0.25, 0.3) is 15.7 Å². The van der Waals surface area contributed by atoms with E-state index in [9.17, 15) is 26.4 Å². The van der Waals surface area contributed by atoms with E-state index in [-0.39, 0.29) is 42.9 Å². The first kappa shape index (κ1) is 28.3. The van der Waals surface area contributed by atoms with Gasteiger partial charge in [0.15, 0.2) is 0 Å². The summed E-state index contributed by atoms with van der Waals surface area (Å²) in [4.78, 5) is 14.1. The zero-order valence-electron chi connectivity index (χ0n) is 20.8. The van der Waals surface area contributed by atoms with Crippen LogP contribution in [0.3, 0.4) is 0 Å². The standard InChI is InChI=1S/C23H32F3N3O5SSi/c1-17-5-7-19(8-6-17)35(31,32)34-15-18-9-10-28(14-18)20-13-27-29(16-33-11-12-36(2,3)4)22(30)21(20)23(24,25)26/h5-8,13,18H,9-12,14-16H2,1-4H3. The number of rotatable bonds is 10. The Hall–Kier alpha value is -2.22. The quantitative estimate of drug-likeness (QED) is 0.251. The number of halogens is 3. The van der Waals surface area contributed by atoms with Gasteiger partial charge in [-0.25, -0.2) is 4.68 Å². The molecule has 2 heterocycles. The van der Waals surface area contributed by atoms with E-state index < -0.39 is 35.5 Å². The summed E-state index contributed by atoms with van der Waals surface area (Å²) in [7, 11) is -5.38. The average Bonchev–Trinajstić information content (AvgIpc) is 3.24. The predicted molar refractivity (Wildman–Crippen MR) is 132 cm³/mol. The molecule has 1 unspecified atom stereocenters. The van der Waals surface area contributed by atoms with E-state index in [0.29, 0.717) is 17.7 Å². The number of ether oxygens (including phenoxy) is 1. The molecule has 36 heavy (non-hydrogen) atoms. The number of benzene rings is 1. The highest BCUT2D eigenvalue weighted by atomic mass is 32.2. The lowest BCUT2D eigenvalue weighted by Crippen LogP contribution is -2.35. The Morgan fingerprint density at radius 2 is 1.83 bits per heavy atom. The van der Waals surface area contributed by atoms with Crippen LogP contribution in [-0.4, -0.2) is 52.6 Å². The molecular formula is C23H32F3N3O5SSi. The van der Waals surface area contributed by atoms with Crippen LogP contribution >= 0.6 is 0 Å². The van der Waals surface area contributed by atoms with Gasteiger partial charge in [-0.05, 0) is 31.5 Å². The predicted octanol–water partition coefficient (Wildman–Crippen LogP) is 4.11. The third kappa shape index (κ3) is 7.40. The maximum absolute atomic E-state index is 13.9. The molecule has 1 aliphatic heterocycles. The Balaban J connectivity index is 1.69. The number of aromatic nitrogens is 2. The van der Waals surface area contributed by atoms with Crippen molar-refractivity contribution in [1.82, 2.24) is 9.78 Å². The summed E-state index contributed by atoms with van der Waals surface area (Å²) in [6.45, 7) is 8.37. The van der Waals surface area contributed by atoms with Gasteiger partial charge in [-0.15, -0.1) is 0 Å². The van der Waals surface area contributed by atoms with E-state index in [1.165, 1.54) is 17.0 Å². The summed E-state index contributed by atoms with van der Waals surface area (Å²) >= 11 is 0. The number of anilines is 1. The van der Waals surface area contributed by atoms with Crippen molar-refractivity contribution in [2.45, 2.75) is 56.8 Å². The molecule has 1 aromatic carbocycles. The van der Waals surface area contributed by atoms with Crippen LogP contribution in [0.15, 0.2) is 40.2 Å². The number of hydrogen-bond donors (Lipinski definition) is 0. The molecule has 0 bridgehead atoms. The summed E-state index contributed by atoms with van der Waals surface area (Å²) in [5, 5.41) is 3.91. The Morgan fingerprint density at radius 1 is 1.17 bits per heavy atom. The summed E-state index contributed by atoms with van der Waals surface area (Å²) in [5.41, 5.74) is -2.00. The number of nitrogens with zero attached hydrogens (tertiary/aromatic N) is 3. The van der Waals surface area contributed by atoms with E-state index in [1.54, 1.807) is 12.1 Å². The highest BCUT2D eigenvalue weighted by Crippen LogP contribution is 2.35. The van der Waals surface area contributed by atoms with Crippen molar-refractivity contribution in [3.05, 3.63) is 51.9 Å². The van der Waals surface area contributed by atoms with Crippen LogP contribution in [-0.2, 0) is 31.9 Å². The molecule has 1 atom stereocenters. The van der Waals surface area contributed by atoms with Crippen molar-refractivity contribution in [2.75, 3.05) is 31.2 Å². The average molecular weight is 548 g/mol. The molecule has 1 saturated heterocycles. The van der Waals surface area contributed by atoms with Crippen LogP contribution in [0.5, 0.6) is 0 Å². The van der Waals surface area contributed by atoms with Crippen LogP contribution in [0.2, 0.25) is 25.7 Å². The van der Waals surface area contributed by atoms with Gasteiger partial charge in [-0.1, -0.05) is 37.3 Å². The van der Waals surface area contributed by atoms with Gasteiger partial charge in [0.2, 0.25) is 0 Å². The summed E-state index contributed by atoms with van der Waals surface area (Å²) in [5.74, 6) is -0.335. The maximum Gasteiger partial charge on any atom is 0.423 e. The van der Waals surface area contributed by atoms with Gasteiger partial charge in [0, 0.05) is 33.7 Å². The summed E-state index contributed by atoms with van der Waals surface area (Å²) < 4.78 is 77.8. The van der Waals surface area contributed by atoms with Gasteiger partial charge in [-0.2, -0.15) is 26.7 Å². The van der Waals surface area contributed by atoms with E-state index in [4.69, 9.17) is 8.92 Å². The first-order valence-corrected chi connectivity index (χ1v) is 16.7. The molecule has 8 nitrogen and oxygen atoms in total. The highest BCUT2D eigenvalue weighted by molar-refractivity contribution is 7.86. The lowest BCUT2D eigenvalue weighted by Gasteiger charge is -2.23. The highest BCUT2D eigenvalue weighted by Gasteiger charge is 2.41. The minimum absolute atomic E-state index is 0.0159. The fourth-order valence-corrected chi connectivity index (χ4v) is 5.49. The Kier molecular flexibility index (Phi) is 8.69. The van der Waals surface area contributed by atoms with Crippen molar-refractivity contribution in [2.24, 2.45) is 5.92 Å². The smallest absolute Gasteiger partial charge is 0.369 e. The molecule has 0 amide bonds. The Labute approximate surface area is 210 Å². The van der Waals surface area contributed by atoms with Crippen LogP contribution in [0.4, 0.5) is 18.9 Å². The SMILES string of the molecule is Cc1ccc(S(=O)(=O)OCC2CCN(c3cnn(COCC[Si](C)(C)C)c(=O)c3C(F)(F)F)C2)cc1. The molecule has 200 valence electrons. The molecule has 0 N–H and O–H groups in total. The van der Waals surface area contributed by atoms with Crippen LogP contribution in [0.25, 0.3) is 0 Å². The lowest BCUT2D eigenvalue weighted by molar-refractivity contribution is -0.138. The molecule has 1 fully saturated rings. The molecule has 0 saturated carbocycles. The number of alkyl halides is 3. The lowest BCUT2D eigenvalue weighted by atomic mass is 10.1. The van der Waals surface area contributed by atoms with E-state index in [1.807, 2.05) is 6.92 Å². The van der Waals surface area contributed by atoms with Crippen molar-refractivity contribution in [3.63, 3.8) is 0 Å². The van der Waals surface area contributed by atoms with Crippen LogP contribution < -0.4 is 10.5 Å². The minimum atomic E-state index is -4.89. The second-order valence-electron chi connectivity index (χ2n) is 10.2. The molecular weight excluding hydrogens is 515 g/mol. The molecule has 0 spiro atoms. The molecule has 1 aromatic heterocycles. The third-order valence-electron chi connectivity index (χ3n) is 5.91. The van der Waals surface area contributed by atoms with Crippen molar-refractivity contribution in [3.8, 4) is 0 Å². The monoisotopic (exact) mass is 547 g/mol.